The molecule has 7 nitrogen and oxygen atoms in total. The van der Waals surface area contributed by atoms with Crippen molar-refractivity contribution in [2.45, 2.75) is 70.3 Å². The van der Waals surface area contributed by atoms with E-state index in [4.69, 9.17) is 26.1 Å². The summed E-state index contributed by atoms with van der Waals surface area (Å²) in [6.07, 6.45) is 10.0. The quantitative estimate of drug-likeness (QED) is 0.272. The van der Waals surface area contributed by atoms with E-state index in [1.807, 2.05) is 26.0 Å². The monoisotopic (exact) mass is 584 g/mol. The van der Waals surface area contributed by atoms with Crippen LogP contribution in [-0.4, -0.2) is 42.5 Å². The van der Waals surface area contributed by atoms with Crippen LogP contribution >= 0.6 is 11.6 Å². The summed E-state index contributed by atoms with van der Waals surface area (Å²) >= 11 is 6.40. The lowest BCUT2D eigenvalue weighted by molar-refractivity contribution is 0.0133. The fourth-order valence-corrected chi connectivity index (χ4v) is 7.00. The molecule has 5 atom stereocenters. The normalized spacial score (nSPS) is 29.1. The van der Waals surface area contributed by atoms with Crippen molar-refractivity contribution in [1.29, 1.82) is 0 Å². The molecule has 40 heavy (non-hydrogen) atoms. The van der Waals surface area contributed by atoms with Gasteiger partial charge in [-0.15, -0.1) is 0 Å². The minimum atomic E-state index is -1.67. The summed E-state index contributed by atoms with van der Waals surface area (Å²) < 4.78 is 29.3. The van der Waals surface area contributed by atoms with Crippen LogP contribution in [-0.2, 0) is 32.5 Å². The number of anilines is 1. The Bertz CT molecular complexity index is 1340. The van der Waals surface area contributed by atoms with Crippen LogP contribution in [0.5, 0.6) is 5.75 Å². The Morgan fingerprint density at radius 2 is 1.98 bits per heavy atom. The third kappa shape index (κ3) is 6.55. The van der Waals surface area contributed by atoms with E-state index in [0.717, 1.165) is 50.1 Å². The minimum absolute atomic E-state index is 0.0102. The molecule has 3 heterocycles. The molecular weight excluding hydrogens is 546 g/mol. The molecule has 1 aliphatic carbocycles. The van der Waals surface area contributed by atoms with Gasteiger partial charge in [-0.1, -0.05) is 54.8 Å². The summed E-state index contributed by atoms with van der Waals surface area (Å²) in [5.41, 5.74) is 2.60. The predicted molar refractivity (Wildman–Crippen MR) is 159 cm³/mol. The third-order valence-electron chi connectivity index (χ3n) is 8.74. The number of halogens is 1. The molecule has 0 spiro atoms. The van der Waals surface area contributed by atoms with Crippen molar-refractivity contribution < 1.29 is 18.5 Å². The topological polar surface area (TPSA) is 81.1 Å². The molecule has 1 aromatic heterocycles. The largest absolute Gasteiger partial charge is 0.490 e. The number of allylic oxidation sites excluding steroid dienone is 1. The molecule has 1 fully saturated rings. The molecule has 1 aromatic carbocycles. The summed E-state index contributed by atoms with van der Waals surface area (Å²) in [4.78, 5) is 20.3. The van der Waals surface area contributed by atoms with Crippen LogP contribution in [0.2, 0.25) is 5.02 Å². The third-order valence-corrected chi connectivity index (χ3v) is 10.4. The van der Waals surface area contributed by atoms with Gasteiger partial charge in [0, 0.05) is 25.2 Å². The first-order chi connectivity index (χ1) is 19.3. The number of rotatable bonds is 1. The van der Waals surface area contributed by atoms with E-state index in [2.05, 4.69) is 33.5 Å². The van der Waals surface area contributed by atoms with Gasteiger partial charge in [0.25, 0.3) is 5.91 Å². The van der Waals surface area contributed by atoms with Crippen LogP contribution in [0.4, 0.5) is 5.82 Å². The smallest absolute Gasteiger partial charge is 0.272 e. The average molecular weight is 585 g/mol. The van der Waals surface area contributed by atoms with Crippen LogP contribution in [0.3, 0.4) is 0 Å². The number of methoxy groups -OCH3 is 1. The molecule has 3 aliphatic rings. The van der Waals surface area contributed by atoms with Crippen molar-refractivity contribution in [2.24, 2.45) is 22.1 Å². The van der Waals surface area contributed by atoms with Gasteiger partial charge in [-0.05, 0) is 85.8 Å². The lowest BCUT2D eigenvalue weighted by atomic mass is 9.70. The molecule has 2 aromatic rings. The molecule has 0 radical (unpaired) electrons. The van der Waals surface area contributed by atoms with Gasteiger partial charge in [0.15, 0.2) is 11.6 Å². The van der Waals surface area contributed by atoms with Crippen LogP contribution in [0.1, 0.15) is 67.6 Å². The van der Waals surface area contributed by atoms with Gasteiger partial charge in [-0.2, -0.15) is 10.6 Å². The number of hydrogen-bond acceptors (Lipinski definition) is 7. The van der Waals surface area contributed by atoms with E-state index in [-0.39, 0.29) is 23.0 Å². The molecule has 0 N–H and O–H groups in total. The number of carbonyl (C=O) groups is 1. The Labute approximate surface area is 244 Å². The van der Waals surface area contributed by atoms with Crippen molar-refractivity contribution in [3.63, 3.8) is 0 Å². The molecule has 0 saturated heterocycles. The number of benzene rings is 1. The van der Waals surface area contributed by atoms with E-state index in [1.54, 1.807) is 13.2 Å². The van der Waals surface area contributed by atoms with Crippen molar-refractivity contribution in [2.75, 3.05) is 25.2 Å². The summed E-state index contributed by atoms with van der Waals surface area (Å²) in [5.74, 6) is 1.57. The Kier molecular flexibility index (Phi) is 9.49. The number of carbonyl (C=O) groups excluding carboxylic acids is 1. The summed E-state index contributed by atoms with van der Waals surface area (Å²) in [6.45, 7) is 5.84. The number of pyridine rings is 1. The zero-order chi connectivity index (χ0) is 28.2. The highest BCUT2D eigenvalue weighted by atomic mass is 35.5. The van der Waals surface area contributed by atoms with Crippen molar-refractivity contribution in [1.82, 2.24) is 4.98 Å². The first-order valence-corrected chi connectivity index (χ1v) is 15.9. The lowest BCUT2D eigenvalue weighted by Gasteiger charge is -2.43. The molecule has 2 bridgehead atoms. The van der Waals surface area contributed by atoms with Gasteiger partial charge in [0.1, 0.15) is 5.69 Å². The first-order valence-electron chi connectivity index (χ1n) is 14.4. The number of hydrogen-bond donors (Lipinski definition) is 0. The number of amides is 1. The fraction of sp³-hybridized carbons (Fsp3) is 0.548. The highest BCUT2D eigenvalue weighted by Gasteiger charge is 2.38. The summed E-state index contributed by atoms with van der Waals surface area (Å²) in [6, 6.07) is 9.56. The van der Waals surface area contributed by atoms with Gasteiger partial charge in [-0.3, -0.25) is 4.79 Å². The van der Waals surface area contributed by atoms with Crippen LogP contribution in [0, 0.1) is 17.8 Å². The lowest BCUT2D eigenvalue weighted by Crippen LogP contribution is -2.43. The molecule has 9 heteroatoms. The van der Waals surface area contributed by atoms with E-state index in [0.29, 0.717) is 36.6 Å². The summed E-state index contributed by atoms with van der Waals surface area (Å²) in [7, 11) is 0.102. The molecule has 216 valence electrons. The van der Waals surface area contributed by atoms with Gasteiger partial charge in [0.2, 0.25) is 0 Å². The fourth-order valence-electron chi connectivity index (χ4n) is 5.87. The average Bonchev–Trinajstić information content (AvgIpc) is 2.96. The zero-order valence-electron chi connectivity index (χ0n) is 23.6. The second kappa shape index (κ2) is 13.0. The van der Waals surface area contributed by atoms with Gasteiger partial charge in [0.05, 0.1) is 12.7 Å². The molecular formula is C31H39ClN3O4S-. The van der Waals surface area contributed by atoms with Crippen molar-refractivity contribution in [3.8, 4) is 5.75 Å². The SMILES string of the molecule is CO[C@H]1/C=C/C[C@H](C)[C@@H](C)[S-](=O)=NC(=O)c2ccc3c(n2)N(Cc2ccc(Cl)cc2CCCCO3)C[C@@H]2CC[C@H]21. The Balaban J connectivity index is 1.62. The maximum absolute atomic E-state index is 13.2. The number of ether oxygens (including phenoxy) is 2. The highest BCUT2D eigenvalue weighted by molar-refractivity contribution is 7.75. The minimum Gasteiger partial charge on any atom is -0.490 e. The maximum Gasteiger partial charge on any atom is 0.272 e. The van der Waals surface area contributed by atoms with Gasteiger partial charge in [-0.25, -0.2) is 4.98 Å². The van der Waals surface area contributed by atoms with Crippen LogP contribution < -0.4 is 9.64 Å². The van der Waals surface area contributed by atoms with E-state index in [1.165, 1.54) is 11.1 Å². The predicted octanol–water partition coefficient (Wildman–Crippen LogP) is 6.77. The summed E-state index contributed by atoms with van der Waals surface area (Å²) in [5, 5.41) is 0.457. The van der Waals surface area contributed by atoms with E-state index >= 15 is 0 Å². The standard InChI is InChI=1S/C31H39ClN3O4S/c1-20-7-6-9-28(38-3)26-13-11-24(26)19-35-18-23-10-12-25(32)17-22(23)8-4-5-16-39-29-15-14-27(33-30(29)35)31(36)34-40(37)21(20)2/h6,9-10,12,14-15,17,20-21,24,26,28H,4-5,7-8,11,13,16,18-19H2,1-3H3/q-1/b9-6+/t20-,21+,24-,26+,28-/m0/s1. The van der Waals surface area contributed by atoms with Crippen molar-refractivity contribution in [3.05, 3.63) is 64.3 Å². The number of nitrogens with zero attached hydrogens (tertiary/aromatic N) is 3. The number of aromatic nitrogens is 1. The van der Waals surface area contributed by atoms with Gasteiger partial charge < -0.3 is 22.9 Å². The van der Waals surface area contributed by atoms with Crippen molar-refractivity contribution >= 4 is 33.9 Å². The van der Waals surface area contributed by atoms with E-state index < -0.39 is 16.5 Å². The second-order valence-corrected chi connectivity index (χ2v) is 13.3. The maximum atomic E-state index is 13.2. The van der Waals surface area contributed by atoms with Crippen LogP contribution in [0.25, 0.3) is 0 Å². The van der Waals surface area contributed by atoms with E-state index in [9.17, 15) is 9.00 Å². The highest BCUT2D eigenvalue weighted by Crippen LogP contribution is 2.41. The molecule has 2 aliphatic heterocycles. The molecule has 1 saturated carbocycles. The molecule has 0 unspecified atom stereocenters. The molecule has 1 amide bonds. The number of fused-ring (bicyclic) bond motifs is 3. The van der Waals surface area contributed by atoms with Crippen LogP contribution in [0.15, 0.2) is 46.8 Å². The van der Waals surface area contributed by atoms with Gasteiger partial charge >= 0.3 is 0 Å². The first kappa shape index (κ1) is 29.1. The Hall–Kier alpha value is -2.42. The molecule has 5 rings (SSSR count). The Morgan fingerprint density at radius 3 is 2.75 bits per heavy atom. The zero-order valence-corrected chi connectivity index (χ0v) is 25.1. The number of aryl methyl sites for hydroxylation is 1. The Morgan fingerprint density at radius 1 is 1.12 bits per heavy atom. The second-order valence-electron chi connectivity index (χ2n) is 11.3.